The summed E-state index contributed by atoms with van der Waals surface area (Å²) in [7, 11) is 0. The van der Waals surface area contributed by atoms with E-state index in [0.29, 0.717) is 12.5 Å². The van der Waals surface area contributed by atoms with Crippen molar-refractivity contribution in [2.75, 3.05) is 19.6 Å². The van der Waals surface area contributed by atoms with Gasteiger partial charge in [-0.3, -0.25) is 0 Å². The normalized spacial score (nSPS) is 16.7. The van der Waals surface area contributed by atoms with Crippen molar-refractivity contribution in [3.8, 4) is 0 Å². The molecule has 0 saturated carbocycles. The van der Waals surface area contributed by atoms with Crippen LogP contribution in [-0.2, 0) is 9.47 Å². The largest absolute Gasteiger partial charge is 0.444 e. The highest BCUT2D eigenvalue weighted by atomic mass is 16.6. The number of ether oxygens (including phenoxy) is 2. The Bertz CT molecular complexity index is 416. The van der Waals surface area contributed by atoms with Gasteiger partial charge < -0.3 is 19.7 Å². The molecule has 1 rings (SSSR count). The van der Waals surface area contributed by atoms with Crippen LogP contribution in [-0.4, -0.2) is 47.9 Å². The van der Waals surface area contributed by atoms with E-state index in [4.69, 9.17) is 9.47 Å². The van der Waals surface area contributed by atoms with E-state index in [9.17, 15) is 9.59 Å². The van der Waals surface area contributed by atoms with Gasteiger partial charge in [0.1, 0.15) is 11.2 Å². The van der Waals surface area contributed by atoms with E-state index in [1.165, 1.54) is 0 Å². The first-order chi connectivity index (χ1) is 11.0. The lowest BCUT2D eigenvalue weighted by Gasteiger charge is -2.33. The van der Waals surface area contributed by atoms with Gasteiger partial charge >= 0.3 is 12.2 Å². The van der Waals surface area contributed by atoms with E-state index in [1.807, 2.05) is 41.5 Å². The SMILES string of the molecule is CC(C)(C)OC(=O)NCCCC1CCN(C(=O)OC(C)(C)C)CC1. The molecule has 140 valence electrons. The summed E-state index contributed by atoms with van der Waals surface area (Å²) in [6, 6.07) is 0. The molecule has 0 aromatic heterocycles. The number of alkyl carbamates (subject to hydrolysis) is 1. The maximum atomic E-state index is 12.0. The zero-order chi connectivity index (χ0) is 18.4. The Morgan fingerprint density at radius 3 is 2.04 bits per heavy atom. The maximum absolute atomic E-state index is 12.0. The summed E-state index contributed by atoms with van der Waals surface area (Å²) in [6.07, 6.45) is 3.39. The van der Waals surface area contributed by atoms with Crippen LogP contribution in [0.25, 0.3) is 0 Å². The molecule has 2 amide bonds. The van der Waals surface area contributed by atoms with Crippen LogP contribution in [0.15, 0.2) is 0 Å². The highest BCUT2D eigenvalue weighted by molar-refractivity contribution is 5.68. The summed E-state index contributed by atoms with van der Waals surface area (Å²) >= 11 is 0. The van der Waals surface area contributed by atoms with Crippen LogP contribution in [0.3, 0.4) is 0 Å². The lowest BCUT2D eigenvalue weighted by molar-refractivity contribution is 0.0179. The van der Waals surface area contributed by atoms with Crippen LogP contribution in [0.4, 0.5) is 9.59 Å². The van der Waals surface area contributed by atoms with Crippen molar-refractivity contribution in [3.05, 3.63) is 0 Å². The van der Waals surface area contributed by atoms with E-state index >= 15 is 0 Å². The van der Waals surface area contributed by atoms with Crippen molar-refractivity contribution in [2.24, 2.45) is 5.92 Å². The molecule has 1 fully saturated rings. The molecule has 0 unspecified atom stereocenters. The molecule has 6 heteroatoms. The second-order valence-electron chi connectivity index (χ2n) is 8.48. The molecule has 1 heterocycles. The molecular weight excluding hydrogens is 308 g/mol. The number of hydrogen-bond donors (Lipinski definition) is 1. The number of carbonyl (C=O) groups is 2. The first-order valence-corrected chi connectivity index (χ1v) is 8.91. The third-order valence-electron chi connectivity index (χ3n) is 3.72. The Hall–Kier alpha value is -1.46. The minimum Gasteiger partial charge on any atom is -0.444 e. The molecule has 1 aliphatic heterocycles. The van der Waals surface area contributed by atoms with E-state index < -0.39 is 11.2 Å². The van der Waals surface area contributed by atoms with Crippen molar-refractivity contribution >= 4 is 12.2 Å². The fraction of sp³-hybridized carbons (Fsp3) is 0.889. The predicted molar refractivity (Wildman–Crippen MR) is 94.0 cm³/mol. The molecule has 0 radical (unpaired) electrons. The molecule has 1 N–H and O–H groups in total. The Morgan fingerprint density at radius 2 is 1.54 bits per heavy atom. The van der Waals surface area contributed by atoms with Crippen molar-refractivity contribution in [1.29, 1.82) is 0 Å². The molecule has 1 aliphatic rings. The fourth-order valence-corrected chi connectivity index (χ4v) is 2.63. The monoisotopic (exact) mass is 342 g/mol. The number of likely N-dealkylation sites (tertiary alicyclic amines) is 1. The minimum atomic E-state index is -0.460. The van der Waals surface area contributed by atoms with Gasteiger partial charge in [-0.05, 0) is 73.1 Å². The van der Waals surface area contributed by atoms with Crippen molar-refractivity contribution < 1.29 is 19.1 Å². The summed E-state index contributed by atoms with van der Waals surface area (Å²) in [5.41, 5.74) is -0.903. The van der Waals surface area contributed by atoms with Crippen molar-refractivity contribution in [3.63, 3.8) is 0 Å². The third-order valence-corrected chi connectivity index (χ3v) is 3.72. The van der Waals surface area contributed by atoms with E-state index in [0.717, 1.165) is 38.8 Å². The highest BCUT2D eigenvalue weighted by Crippen LogP contribution is 2.23. The molecule has 24 heavy (non-hydrogen) atoms. The standard InChI is InChI=1S/C18H34N2O4/c1-17(2,3)23-15(21)19-11-7-8-14-9-12-20(13-10-14)16(22)24-18(4,5)6/h14H,7-13H2,1-6H3,(H,19,21). The molecule has 0 spiro atoms. The quantitative estimate of drug-likeness (QED) is 0.786. The van der Waals surface area contributed by atoms with Crippen LogP contribution in [0.2, 0.25) is 0 Å². The number of nitrogens with zero attached hydrogens (tertiary/aromatic N) is 1. The van der Waals surface area contributed by atoms with Crippen LogP contribution >= 0.6 is 0 Å². The number of hydrogen-bond acceptors (Lipinski definition) is 4. The van der Waals surface area contributed by atoms with Crippen molar-refractivity contribution in [1.82, 2.24) is 10.2 Å². The van der Waals surface area contributed by atoms with Gasteiger partial charge in [0.15, 0.2) is 0 Å². The average Bonchev–Trinajstić information content (AvgIpc) is 2.40. The Labute approximate surface area is 146 Å². The van der Waals surface area contributed by atoms with Crippen LogP contribution in [0, 0.1) is 5.92 Å². The van der Waals surface area contributed by atoms with Gasteiger partial charge in [0.25, 0.3) is 0 Å². The molecule has 0 aromatic carbocycles. The topological polar surface area (TPSA) is 67.9 Å². The van der Waals surface area contributed by atoms with E-state index in [2.05, 4.69) is 5.32 Å². The lowest BCUT2D eigenvalue weighted by atomic mass is 9.92. The summed E-state index contributed by atoms with van der Waals surface area (Å²) in [5, 5.41) is 2.79. The summed E-state index contributed by atoms with van der Waals surface area (Å²) < 4.78 is 10.6. The van der Waals surface area contributed by atoms with Crippen LogP contribution in [0.5, 0.6) is 0 Å². The molecule has 0 atom stereocenters. The summed E-state index contributed by atoms with van der Waals surface area (Å²) in [6.45, 7) is 13.3. The molecule has 0 aromatic rings. The fourth-order valence-electron chi connectivity index (χ4n) is 2.63. The number of carbonyl (C=O) groups excluding carboxylic acids is 2. The van der Waals surface area contributed by atoms with Gasteiger partial charge in [0.05, 0.1) is 0 Å². The summed E-state index contributed by atoms with van der Waals surface area (Å²) in [5.74, 6) is 0.601. The van der Waals surface area contributed by atoms with Crippen LogP contribution in [0.1, 0.15) is 67.2 Å². The zero-order valence-electron chi connectivity index (χ0n) is 16.1. The maximum Gasteiger partial charge on any atom is 0.410 e. The summed E-state index contributed by atoms with van der Waals surface area (Å²) in [4.78, 5) is 25.4. The zero-order valence-corrected chi connectivity index (χ0v) is 16.1. The molecule has 0 aliphatic carbocycles. The number of amides is 2. The first kappa shape index (κ1) is 20.6. The minimum absolute atomic E-state index is 0.215. The van der Waals surface area contributed by atoms with Crippen LogP contribution < -0.4 is 5.32 Å². The van der Waals surface area contributed by atoms with Gasteiger partial charge in [0, 0.05) is 19.6 Å². The number of rotatable bonds is 4. The van der Waals surface area contributed by atoms with Crippen molar-refractivity contribution in [2.45, 2.75) is 78.4 Å². The molecule has 6 nitrogen and oxygen atoms in total. The average molecular weight is 342 g/mol. The van der Waals surface area contributed by atoms with Gasteiger partial charge in [-0.15, -0.1) is 0 Å². The van der Waals surface area contributed by atoms with Gasteiger partial charge in [-0.2, -0.15) is 0 Å². The predicted octanol–water partition coefficient (Wildman–Crippen LogP) is 3.94. The van der Waals surface area contributed by atoms with Gasteiger partial charge in [-0.1, -0.05) is 0 Å². The smallest absolute Gasteiger partial charge is 0.410 e. The number of nitrogens with one attached hydrogen (secondary N) is 1. The highest BCUT2D eigenvalue weighted by Gasteiger charge is 2.26. The number of piperidine rings is 1. The van der Waals surface area contributed by atoms with E-state index in [1.54, 1.807) is 4.90 Å². The molecule has 1 saturated heterocycles. The Balaban J connectivity index is 2.16. The van der Waals surface area contributed by atoms with Gasteiger partial charge in [0.2, 0.25) is 0 Å². The Morgan fingerprint density at radius 1 is 1.00 bits per heavy atom. The Kier molecular flexibility index (Phi) is 7.36. The van der Waals surface area contributed by atoms with E-state index in [-0.39, 0.29) is 12.2 Å². The molecular formula is C18H34N2O4. The first-order valence-electron chi connectivity index (χ1n) is 8.91. The van der Waals surface area contributed by atoms with Gasteiger partial charge in [-0.25, -0.2) is 9.59 Å². The molecule has 0 bridgehead atoms. The third kappa shape index (κ3) is 8.99. The lowest BCUT2D eigenvalue weighted by Crippen LogP contribution is -2.41. The second-order valence-corrected chi connectivity index (χ2v) is 8.48. The second kappa shape index (κ2) is 8.58.